The van der Waals surface area contributed by atoms with Crippen molar-refractivity contribution < 1.29 is 12.8 Å². The maximum Gasteiger partial charge on any atom is 0.152 e. The second kappa shape index (κ2) is 4.93. The third kappa shape index (κ3) is 2.49. The second-order valence-electron chi connectivity index (χ2n) is 5.59. The summed E-state index contributed by atoms with van der Waals surface area (Å²) < 4.78 is 39.7. The van der Waals surface area contributed by atoms with E-state index in [4.69, 9.17) is 11.6 Å². The van der Waals surface area contributed by atoms with Crippen molar-refractivity contribution in [1.29, 1.82) is 0 Å². The number of rotatable bonds is 2. The fraction of sp³-hybridized carbons (Fsp3) is 0.462. The Morgan fingerprint density at radius 2 is 2.24 bits per heavy atom. The highest BCUT2D eigenvalue weighted by atomic mass is 79.9. The first kappa shape index (κ1) is 15.2. The molecule has 114 valence electrons. The van der Waals surface area contributed by atoms with Crippen LogP contribution in [-0.4, -0.2) is 29.5 Å². The topological polar surface area (TPSA) is 52.0 Å². The van der Waals surface area contributed by atoms with Crippen LogP contribution in [0.5, 0.6) is 0 Å². The van der Waals surface area contributed by atoms with Gasteiger partial charge in [0, 0.05) is 6.07 Å². The molecule has 0 N–H and O–H groups in total. The third-order valence-electron chi connectivity index (χ3n) is 3.91. The Balaban J connectivity index is 2.28. The normalized spacial score (nSPS) is 24.8. The van der Waals surface area contributed by atoms with Crippen LogP contribution in [0.15, 0.2) is 16.6 Å². The zero-order valence-corrected chi connectivity index (χ0v) is 14.4. The predicted octanol–water partition coefficient (Wildman–Crippen LogP) is 3.21. The first-order valence-corrected chi connectivity index (χ1v) is 9.54. The van der Waals surface area contributed by atoms with Crippen LogP contribution in [0.3, 0.4) is 0 Å². The number of halogens is 3. The highest BCUT2D eigenvalue weighted by molar-refractivity contribution is 9.10. The smallest absolute Gasteiger partial charge is 0.152 e. The van der Waals surface area contributed by atoms with E-state index < -0.39 is 21.2 Å². The first-order valence-electron chi connectivity index (χ1n) is 6.39. The van der Waals surface area contributed by atoms with E-state index in [1.165, 1.54) is 6.07 Å². The molecular formula is C13H13BrClFN2O2S. The lowest BCUT2D eigenvalue weighted by Gasteiger charge is -2.27. The summed E-state index contributed by atoms with van der Waals surface area (Å²) in [5, 5.41) is 0. The lowest BCUT2D eigenvalue weighted by atomic mass is 10.0. The largest absolute Gasteiger partial charge is 0.320 e. The second-order valence-corrected chi connectivity index (χ2v) is 8.90. The zero-order valence-electron chi connectivity index (χ0n) is 11.2. The molecule has 1 fully saturated rings. The van der Waals surface area contributed by atoms with E-state index in [1.54, 1.807) is 10.6 Å². The highest BCUT2D eigenvalue weighted by Gasteiger charge is 2.41. The number of aromatic nitrogens is 2. The molecule has 4 nitrogen and oxygen atoms in total. The van der Waals surface area contributed by atoms with Crippen molar-refractivity contribution in [3.8, 4) is 0 Å². The Labute approximate surface area is 135 Å². The molecule has 2 aromatic rings. The fourth-order valence-corrected chi connectivity index (χ4v) is 5.61. The monoisotopic (exact) mass is 394 g/mol. The van der Waals surface area contributed by atoms with Crippen molar-refractivity contribution >= 4 is 48.4 Å². The van der Waals surface area contributed by atoms with Gasteiger partial charge in [-0.2, -0.15) is 0 Å². The first-order chi connectivity index (χ1) is 9.76. The molecule has 8 heteroatoms. The molecule has 1 aromatic carbocycles. The lowest BCUT2D eigenvalue weighted by molar-refractivity contribution is 0.367. The molecule has 1 saturated heterocycles. The molecular weight excluding hydrogens is 383 g/mol. The van der Waals surface area contributed by atoms with Gasteiger partial charge in [0.1, 0.15) is 11.6 Å². The summed E-state index contributed by atoms with van der Waals surface area (Å²) in [5.41, 5.74) is 0.535. The number of fused-ring (bicyclic) bond motifs is 1. The van der Waals surface area contributed by atoms with Crippen molar-refractivity contribution in [3.05, 3.63) is 28.2 Å². The van der Waals surface area contributed by atoms with Gasteiger partial charge in [0.2, 0.25) is 0 Å². The highest BCUT2D eigenvalue weighted by Crippen LogP contribution is 2.36. The summed E-state index contributed by atoms with van der Waals surface area (Å²) in [4.78, 5) is 4.41. The van der Waals surface area contributed by atoms with Gasteiger partial charge in [0.25, 0.3) is 0 Å². The fourth-order valence-electron chi connectivity index (χ4n) is 2.98. The predicted molar refractivity (Wildman–Crippen MR) is 83.9 cm³/mol. The zero-order chi connectivity index (χ0) is 15.4. The minimum Gasteiger partial charge on any atom is -0.320 e. The van der Waals surface area contributed by atoms with E-state index in [9.17, 15) is 12.8 Å². The molecule has 0 aliphatic carbocycles. The van der Waals surface area contributed by atoms with Crippen LogP contribution < -0.4 is 0 Å². The quantitative estimate of drug-likeness (QED) is 0.734. The Kier molecular flexibility index (Phi) is 3.58. The van der Waals surface area contributed by atoms with Crippen LogP contribution in [0.4, 0.5) is 4.39 Å². The summed E-state index contributed by atoms with van der Waals surface area (Å²) >= 11 is 9.09. The molecule has 2 heterocycles. The van der Waals surface area contributed by atoms with Crippen LogP contribution in [0.1, 0.15) is 19.2 Å². The molecule has 0 amide bonds. The Morgan fingerprint density at radius 3 is 2.81 bits per heavy atom. The molecule has 1 aliphatic heterocycles. The Hall–Kier alpha value is -0.660. The average Bonchev–Trinajstić information content (AvgIpc) is 2.88. The summed E-state index contributed by atoms with van der Waals surface area (Å²) in [6.07, 6.45) is 0.475. The number of imidazole rings is 1. The summed E-state index contributed by atoms with van der Waals surface area (Å²) in [7, 11) is -3.09. The molecule has 1 aromatic heterocycles. The molecule has 1 aliphatic rings. The average molecular weight is 396 g/mol. The summed E-state index contributed by atoms with van der Waals surface area (Å²) in [5.74, 6) is 0.443. The van der Waals surface area contributed by atoms with Crippen molar-refractivity contribution in [3.63, 3.8) is 0 Å². The van der Waals surface area contributed by atoms with E-state index in [1.807, 2.05) is 6.92 Å². The lowest BCUT2D eigenvalue weighted by Crippen LogP contribution is -2.32. The van der Waals surface area contributed by atoms with Gasteiger partial charge in [-0.1, -0.05) is 0 Å². The van der Waals surface area contributed by atoms with Crippen LogP contribution in [-0.2, 0) is 21.3 Å². The molecule has 0 bridgehead atoms. The van der Waals surface area contributed by atoms with E-state index in [2.05, 4.69) is 20.9 Å². The number of hydrogen-bond donors (Lipinski definition) is 0. The number of nitrogens with zero attached hydrogens (tertiary/aromatic N) is 2. The molecule has 21 heavy (non-hydrogen) atoms. The van der Waals surface area contributed by atoms with Gasteiger partial charge >= 0.3 is 0 Å². The minimum absolute atomic E-state index is 0.0209. The third-order valence-corrected chi connectivity index (χ3v) is 6.64. The van der Waals surface area contributed by atoms with E-state index in [0.29, 0.717) is 27.8 Å². The van der Waals surface area contributed by atoms with Crippen molar-refractivity contribution in [2.75, 3.05) is 11.5 Å². The van der Waals surface area contributed by atoms with Gasteiger partial charge in [-0.15, -0.1) is 11.6 Å². The van der Waals surface area contributed by atoms with Crippen LogP contribution in [0, 0.1) is 5.82 Å². The number of alkyl halides is 1. The van der Waals surface area contributed by atoms with E-state index >= 15 is 0 Å². The SMILES string of the molecule is CC1(n2c(CCl)nc3cc(Br)c(F)cc32)CCS(=O)(=O)C1. The standard InChI is InChI=1S/C13H13BrClFN2O2S/c1-13(2-3-21(19,20)7-13)18-11-5-9(16)8(14)4-10(11)17-12(18)6-15/h4-5H,2-3,6-7H2,1H3. The van der Waals surface area contributed by atoms with Crippen molar-refractivity contribution in [2.24, 2.45) is 0 Å². The molecule has 0 spiro atoms. The molecule has 0 radical (unpaired) electrons. The maximum absolute atomic E-state index is 13.9. The number of benzene rings is 1. The van der Waals surface area contributed by atoms with Gasteiger partial charge in [-0.25, -0.2) is 17.8 Å². The van der Waals surface area contributed by atoms with Crippen molar-refractivity contribution in [1.82, 2.24) is 9.55 Å². The van der Waals surface area contributed by atoms with Gasteiger partial charge < -0.3 is 4.57 Å². The van der Waals surface area contributed by atoms with Gasteiger partial charge in [0.15, 0.2) is 9.84 Å². The summed E-state index contributed by atoms with van der Waals surface area (Å²) in [6.45, 7) is 1.86. The van der Waals surface area contributed by atoms with E-state index in [-0.39, 0.29) is 17.4 Å². The van der Waals surface area contributed by atoms with Crippen molar-refractivity contribution in [2.45, 2.75) is 24.8 Å². The molecule has 0 saturated carbocycles. The Bertz CT molecular complexity index is 836. The van der Waals surface area contributed by atoms with Crippen LogP contribution >= 0.6 is 27.5 Å². The minimum atomic E-state index is -3.09. The van der Waals surface area contributed by atoms with Gasteiger partial charge in [-0.05, 0) is 35.3 Å². The molecule has 3 rings (SSSR count). The summed E-state index contributed by atoms with van der Waals surface area (Å²) in [6, 6.07) is 2.96. The maximum atomic E-state index is 13.9. The van der Waals surface area contributed by atoms with Crippen LogP contribution in [0.2, 0.25) is 0 Å². The molecule has 1 atom stereocenters. The van der Waals surface area contributed by atoms with E-state index in [0.717, 1.165) is 0 Å². The molecule has 1 unspecified atom stereocenters. The van der Waals surface area contributed by atoms with Gasteiger partial charge in [0.05, 0.1) is 38.4 Å². The Morgan fingerprint density at radius 1 is 1.52 bits per heavy atom. The van der Waals surface area contributed by atoms with Gasteiger partial charge in [-0.3, -0.25) is 0 Å². The van der Waals surface area contributed by atoms with Crippen LogP contribution in [0.25, 0.3) is 11.0 Å². The number of hydrogen-bond acceptors (Lipinski definition) is 3. The number of sulfone groups is 1.